The van der Waals surface area contributed by atoms with Gasteiger partial charge in [0.1, 0.15) is 5.65 Å². The molecule has 0 saturated heterocycles. The van der Waals surface area contributed by atoms with Crippen LogP contribution in [-0.4, -0.2) is 53.9 Å². The van der Waals surface area contributed by atoms with Gasteiger partial charge in [-0.15, -0.1) is 0 Å². The molecule has 1 fully saturated rings. The predicted octanol–water partition coefficient (Wildman–Crippen LogP) is 4.12. The monoisotopic (exact) mass is 530 g/mol. The molecular formula is C29H34N6O4. The van der Waals surface area contributed by atoms with E-state index in [1.165, 1.54) is 0 Å². The van der Waals surface area contributed by atoms with Gasteiger partial charge in [-0.3, -0.25) is 4.79 Å². The third-order valence-electron chi connectivity index (χ3n) is 7.04. The van der Waals surface area contributed by atoms with Crippen molar-refractivity contribution in [1.82, 2.24) is 19.9 Å². The summed E-state index contributed by atoms with van der Waals surface area (Å²) in [7, 11) is 4.70. The number of methoxy groups -OCH3 is 3. The molecule has 0 unspecified atom stereocenters. The Hall–Kier alpha value is -4.31. The maximum Gasteiger partial charge on any atom is 0.229 e. The standard InChI is InChI=1S/C29H34N6O4/c1-37-24-15-22(16-25(38-2)27(24)39-3)33-29-31-17-19-11-12-35(28(19)34-29)23-6-4-5-18(13-23)14-26(36)32-21-9-7-20(30)8-10-21/h4-6,11-13,15-17,20-21H,7-10,14,30H2,1-3H3,(H,32,36)(H,31,33,34). The van der Waals surface area contributed by atoms with Crippen molar-refractivity contribution in [3.05, 3.63) is 60.4 Å². The van der Waals surface area contributed by atoms with E-state index in [1.807, 2.05) is 41.1 Å². The number of nitrogens with zero attached hydrogens (tertiary/aromatic N) is 3. The number of fused-ring (bicyclic) bond motifs is 1. The molecule has 2 heterocycles. The van der Waals surface area contributed by atoms with E-state index in [2.05, 4.69) is 15.6 Å². The number of benzene rings is 2. The summed E-state index contributed by atoms with van der Waals surface area (Å²) in [4.78, 5) is 22.0. The second-order valence-electron chi connectivity index (χ2n) is 9.72. The van der Waals surface area contributed by atoms with E-state index in [0.717, 1.165) is 48.0 Å². The molecule has 39 heavy (non-hydrogen) atoms. The van der Waals surface area contributed by atoms with Gasteiger partial charge in [-0.2, -0.15) is 4.98 Å². The Morgan fingerprint density at radius 2 is 1.77 bits per heavy atom. The van der Waals surface area contributed by atoms with Crippen LogP contribution < -0.4 is 30.6 Å². The van der Waals surface area contributed by atoms with E-state index >= 15 is 0 Å². The summed E-state index contributed by atoms with van der Waals surface area (Å²) in [5, 5.41) is 7.29. The van der Waals surface area contributed by atoms with E-state index in [0.29, 0.717) is 35.3 Å². The summed E-state index contributed by atoms with van der Waals surface area (Å²) in [6, 6.07) is 14.0. The van der Waals surface area contributed by atoms with E-state index in [4.69, 9.17) is 24.9 Å². The molecule has 0 aliphatic heterocycles. The third-order valence-corrected chi connectivity index (χ3v) is 7.04. The number of nitrogens with one attached hydrogen (secondary N) is 2. The highest BCUT2D eigenvalue weighted by molar-refractivity contribution is 5.80. The fourth-order valence-electron chi connectivity index (χ4n) is 5.01. The first-order valence-corrected chi connectivity index (χ1v) is 13.0. The van der Waals surface area contributed by atoms with Crippen molar-refractivity contribution < 1.29 is 19.0 Å². The molecule has 4 N–H and O–H groups in total. The minimum atomic E-state index is 0.0316. The van der Waals surface area contributed by atoms with Crippen LogP contribution in [0.2, 0.25) is 0 Å². The topological polar surface area (TPSA) is 126 Å². The molecule has 0 bridgehead atoms. The minimum Gasteiger partial charge on any atom is -0.493 e. The number of hydrogen-bond donors (Lipinski definition) is 3. The molecule has 1 saturated carbocycles. The van der Waals surface area contributed by atoms with Crippen molar-refractivity contribution >= 4 is 28.6 Å². The first kappa shape index (κ1) is 26.3. The third kappa shape index (κ3) is 5.91. The number of ether oxygens (including phenoxy) is 3. The quantitative estimate of drug-likeness (QED) is 0.295. The van der Waals surface area contributed by atoms with Crippen LogP contribution in [0, 0.1) is 0 Å². The Labute approximate surface area is 227 Å². The summed E-state index contributed by atoms with van der Waals surface area (Å²) in [5.74, 6) is 2.00. The van der Waals surface area contributed by atoms with Gasteiger partial charge in [-0.1, -0.05) is 12.1 Å². The predicted molar refractivity (Wildman–Crippen MR) is 150 cm³/mol. The molecule has 1 amide bonds. The molecule has 1 aliphatic carbocycles. The molecule has 10 heteroatoms. The van der Waals surface area contributed by atoms with Crippen LogP contribution in [0.25, 0.3) is 16.7 Å². The fourth-order valence-corrected chi connectivity index (χ4v) is 5.01. The molecule has 5 rings (SSSR count). The zero-order valence-electron chi connectivity index (χ0n) is 22.4. The number of nitrogens with two attached hydrogens (primary N) is 1. The number of amides is 1. The molecule has 0 atom stereocenters. The smallest absolute Gasteiger partial charge is 0.229 e. The Kier molecular flexibility index (Phi) is 7.83. The molecule has 2 aromatic carbocycles. The van der Waals surface area contributed by atoms with Gasteiger partial charge in [-0.05, 0) is 49.4 Å². The van der Waals surface area contributed by atoms with Crippen LogP contribution in [0.15, 0.2) is 54.9 Å². The first-order valence-electron chi connectivity index (χ1n) is 13.0. The normalized spacial score (nSPS) is 17.0. The number of rotatable bonds is 9. The van der Waals surface area contributed by atoms with Crippen molar-refractivity contribution in [3.8, 4) is 22.9 Å². The highest BCUT2D eigenvalue weighted by Crippen LogP contribution is 2.40. The van der Waals surface area contributed by atoms with Crippen LogP contribution in [0.5, 0.6) is 17.2 Å². The second kappa shape index (κ2) is 11.6. The van der Waals surface area contributed by atoms with Crippen LogP contribution >= 0.6 is 0 Å². The minimum absolute atomic E-state index is 0.0316. The lowest BCUT2D eigenvalue weighted by atomic mass is 9.91. The maximum absolute atomic E-state index is 12.7. The largest absolute Gasteiger partial charge is 0.493 e. The van der Waals surface area contributed by atoms with Crippen LogP contribution in [-0.2, 0) is 11.2 Å². The lowest BCUT2D eigenvalue weighted by Crippen LogP contribution is -2.41. The van der Waals surface area contributed by atoms with Gasteiger partial charge in [0.05, 0.1) is 27.8 Å². The van der Waals surface area contributed by atoms with E-state index < -0.39 is 0 Å². The second-order valence-corrected chi connectivity index (χ2v) is 9.72. The van der Waals surface area contributed by atoms with Crippen molar-refractivity contribution in [2.45, 2.75) is 44.2 Å². The number of aromatic nitrogens is 3. The molecule has 4 aromatic rings. The Balaban J connectivity index is 1.35. The van der Waals surface area contributed by atoms with Gasteiger partial charge in [0, 0.05) is 53.4 Å². The SMILES string of the molecule is COc1cc(Nc2ncc3ccn(-c4cccc(CC(=O)NC5CCC(N)CC5)c4)c3n2)cc(OC)c1OC. The van der Waals surface area contributed by atoms with Crippen molar-refractivity contribution in [3.63, 3.8) is 0 Å². The van der Waals surface area contributed by atoms with Crippen LogP contribution in [0.4, 0.5) is 11.6 Å². The zero-order valence-corrected chi connectivity index (χ0v) is 22.4. The van der Waals surface area contributed by atoms with Crippen molar-refractivity contribution in [2.24, 2.45) is 5.73 Å². The Bertz CT molecular complexity index is 1440. The summed E-state index contributed by atoms with van der Waals surface area (Å²) >= 11 is 0. The average molecular weight is 531 g/mol. The number of anilines is 2. The van der Waals surface area contributed by atoms with Crippen molar-refractivity contribution in [2.75, 3.05) is 26.6 Å². The van der Waals surface area contributed by atoms with E-state index in [-0.39, 0.29) is 18.0 Å². The van der Waals surface area contributed by atoms with Gasteiger partial charge in [0.15, 0.2) is 11.5 Å². The maximum atomic E-state index is 12.7. The van der Waals surface area contributed by atoms with E-state index in [9.17, 15) is 4.79 Å². The van der Waals surface area contributed by atoms with Gasteiger partial charge in [-0.25, -0.2) is 4.98 Å². The van der Waals surface area contributed by atoms with Gasteiger partial charge < -0.3 is 35.1 Å². The molecule has 0 spiro atoms. The molecular weight excluding hydrogens is 496 g/mol. The zero-order chi connectivity index (χ0) is 27.4. The lowest BCUT2D eigenvalue weighted by Gasteiger charge is -2.26. The number of hydrogen-bond acceptors (Lipinski definition) is 8. The molecule has 1 aliphatic rings. The summed E-state index contributed by atoms with van der Waals surface area (Å²) in [5.41, 5.74) is 9.27. The number of carbonyl (C=O) groups excluding carboxylic acids is 1. The van der Waals surface area contributed by atoms with Crippen LogP contribution in [0.3, 0.4) is 0 Å². The van der Waals surface area contributed by atoms with Crippen LogP contribution in [0.1, 0.15) is 31.2 Å². The molecule has 204 valence electrons. The highest BCUT2D eigenvalue weighted by atomic mass is 16.5. The molecule has 0 radical (unpaired) electrons. The first-order chi connectivity index (χ1) is 19.0. The fraction of sp³-hybridized carbons (Fsp3) is 0.345. The summed E-state index contributed by atoms with van der Waals surface area (Å²) in [6.07, 6.45) is 7.83. The lowest BCUT2D eigenvalue weighted by molar-refractivity contribution is -0.121. The number of carbonyl (C=O) groups is 1. The van der Waals surface area contributed by atoms with Gasteiger partial charge in [0.25, 0.3) is 0 Å². The summed E-state index contributed by atoms with van der Waals surface area (Å²) in [6.45, 7) is 0. The molecule has 2 aromatic heterocycles. The summed E-state index contributed by atoms with van der Waals surface area (Å²) < 4.78 is 18.3. The van der Waals surface area contributed by atoms with Crippen molar-refractivity contribution in [1.29, 1.82) is 0 Å². The van der Waals surface area contributed by atoms with Gasteiger partial charge >= 0.3 is 0 Å². The van der Waals surface area contributed by atoms with Gasteiger partial charge in [0.2, 0.25) is 17.6 Å². The highest BCUT2D eigenvalue weighted by Gasteiger charge is 2.20. The Morgan fingerprint density at radius 1 is 1.03 bits per heavy atom. The van der Waals surface area contributed by atoms with E-state index in [1.54, 1.807) is 39.7 Å². The Morgan fingerprint density at radius 3 is 2.46 bits per heavy atom. The average Bonchev–Trinajstić information content (AvgIpc) is 3.37. The molecule has 10 nitrogen and oxygen atoms in total.